The summed E-state index contributed by atoms with van der Waals surface area (Å²) in [6, 6.07) is 3.62. The Kier molecular flexibility index (Phi) is 4.34. The molecular formula is C11H8Cl2FN3O2. The first-order valence-corrected chi connectivity index (χ1v) is 6.01. The van der Waals surface area contributed by atoms with Crippen LogP contribution in [0.5, 0.6) is 17.8 Å². The van der Waals surface area contributed by atoms with E-state index in [1.807, 2.05) is 0 Å². The summed E-state index contributed by atoms with van der Waals surface area (Å²) in [5, 5.41) is 0.0150. The van der Waals surface area contributed by atoms with Crippen molar-refractivity contribution in [1.82, 2.24) is 15.0 Å². The second-order valence-corrected chi connectivity index (χ2v) is 4.02. The summed E-state index contributed by atoms with van der Waals surface area (Å²) >= 11 is 11.5. The molecule has 100 valence electrons. The van der Waals surface area contributed by atoms with Gasteiger partial charge in [0.25, 0.3) is 0 Å². The maximum absolute atomic E-state index is 12.9. The van der Waals surface area contributed by atoms with E-state index in [9.17, 15) is 4.39 Å². The van der Waals surface area contributed by atoms with E-state index in [1.165, 1.54) is 12.1 Å². The number of halogens is 3. The molecule has 0 radical (unpaired) electrons. The molecule has 5 nitrogen and oxygen atoms in total. The van der Waals surface area contributed by atoms with Crippen LogP contribution in [0.4, 0.5) is 4.39 Å². The Morgan fingerprint density at radius 1 is 1.16 bits per heavy atom. The smallest absolute Gasteiger partial charge is 0.329 e. The maximum Gasteiger partial charge on any atom is 0.329 e. The fraction of sp³-hybridized carbons (Fsp3) is 0.182. The first kappa shape index (κ1) is 13.8. The monoisotopic (exact) mass is 303 g/mol. The van der Waals surface area contributed by atoms with Crippen LogP contribution in [0.1, 0.15) is 6.92 Å². The van der Waals surface area contributed by atoms with E-state index < -0.39 is 5.82 Å². The van der Waals surface area contributed by atoms with E-state index in [0.717, 1.165) is 6.07 Å². The van der Waals surface area contributed by atoms with Gasteiger partial charge < -0.3 is 9.47 Å². The summed E-state index contributed by atoms with van der Waals surface area (Å²) < 4.78 is 23.3. The van der Waals surface area contributed by atoms with Crippen molar-refractivity contribution in [2.45, 2.75) is 6.92 Å². The van der Waals surface area contributed by atoms with Crippen LogP contribution >= 0.6 is 23.2 Å². The summed E-state index contributed by atoms with van der Waals surface area (Å²) in [4.78, 5) is 11.4. The van der Waals surface area contributed by atoms with Gasteiger partial charge in [0.05, 0.1) is 11.6 Å². The van der Waals surface area contributed by atoms with Crippen LogP contribution in [-0.4, -0.2) is 21.6 Å². The van der Waals surface area contributed by atoms with Gasteiger partial charge in [0, 0.05) is 0 Å². The number of hydrogen-bond donors (Lipinski definition) is 0. The summed E-state index contributed by atoms with van der Waals surface area (Å²) in [5.41, 5.74) is 0. The lowest BCUT2D eigenvalue weighted by molar-refractivity contribution is 0.303. The molecule has 0 spiro atoms. The van der Waals surface area contributed by atoms with Gasteiger partial charge in [-0.3, -0.25) is 0 Å². The Bertz CT molecular complexity index is 598. The molecule has 0 atom stereocenters. The van der Waals surface area contributed by atoms with Crippen LogP contribution < -0.4 is 9.47 Å². The van der Waals surface area contributed by atoms with E-state index in [0.29, 0.717) is 6.61 Å². The van der Waals surface area contributed by atoms with Crippen LogP contribution in [0.3, 0.4) is 0 Å². The quantitative estimate of drug-likeness (QED) is 0.865. The second kappa shape index (κ2) is 5.99. The molecule has 0 aliphatic carbocycles. The molecule has 0 N–H and O–H groups in total. The molecule has 0 unspecified atom stereocenters. The minimum atomic E-state index is -0.471. The molecule has 2 rings (SSSR count). The van der Waals surface area contributed by atoms with Crippen molar-refractivity contribution in [3.05, 3.63) is 34.3 Å². The normalized spacial score (nSPS) is 10.3. The van der Waals surface area contributed by atoms with Gasteiger partial charge in [-0.05, 0) is 36.7 Å². The fourth-order valence-corrected chi connectivity index (χ4v) is 1.56. The Morgan fingerprint density at radius 2 is 1.89 bits per heavy atom. The molecule has 0 bridgehead atoms. The topological polar surface area (TPSA) is 57.1 Å². The van der Waals surface area contributed by atoms with Gasteiger partial charge in [-0.2, -0.15) is 9.97 Å². The van der Waals surface area contributed by atoms with Crippen molar-refractivity contribution in [2.75, 3.05) is 6.61 Å². The molecular weight excluding hydrogens is 296 g/mol. The molecule has 1 aromatic carbocycles. The Morgan fingerprint density at radius 3 is 2.58 bits per heavy atom. The molecule has 0 amide bonds. The second-order valence-electron chi connectivity index (χ2n) is 3.28. The zero-order chi connectivity index (χ0) is 13.8. The van der Waals surface area contributed by atoms with Crippen molar-refractivity contribution in [3.8, 4) is 17.8 Å². The SMILES string of the molecule is CCOc1nc(Cl)nc(Oc2ccc(F)cc2Cl)n1. The predicted molar refractivity (Wildman–Crippen MR) is 67.5 cm³/mol. The molecule has 0 saturated carbocycles. The van der Waals surface area contributed by atoms with E-state index in [4.69, 9.17) is 32.7 Å². The van der Waals surface area contributed by atoms with Gasteiger partial charge in [-0.25, -0.2) is 4.39 Å². The van der Waals surface area contributed by atoms with E-state index >= 15 is 0 Å². The van der Waals surface area contributed by atoms with Gasteiger partial charge in [-0.1, -0.05) is 11.6 Å². The first-order valence-electron chi connectivity index (χ1n) is 5.25. The minimum absolute atomic E-state index is 0.0377. The molecule has 1 aromatic heterocycles. The Balaban J connectivity index is 2.27. The molecule has 0 fully saturated rings. The van der Waals surface area contributed by atoms with Gasteiger partial charge in [0.15, 0.2) is 0 Å². The third-order valence-corrected chi connectivity index (χ3v) is 2.40. The van der Waals surface area contributed by atoms with Crippen molar-refractivity contribution in [1.29, 1.82) is 0 Å². The number of hydrogen-bond acceptors (Lipinski definition) is 5. The third-order valence-electron chi connectivity index (χ3n) is 1.94. The third kappa shape index (κ3) is 3.65. The molecule has 0 aliphatic rings. The predicted octanol–water partition coefficient (Wildman–Crippen LogP) is 3.51. The molecule has 8 heteroatoms. The molecule has 1 heterocycles. The highest BCUT2D eigenvalue weighted by Gasteiger charge is 2.10. The highest BCUT2D eigenvalue weighted by Crippen LogP contribution is 2.28. The van der Waals surface area contributed by atoms with E-state index in [1.54, 1.807) is 6.92 Å². The lowest BCUT2D eigenvalue weighted by atomic mass is 10.3. The lowest BCUT2D eigenvalue weighted by Gasteiger charge is -2.07. The zero-order valence-corrected chi connectivity index (χ0v) is 11.2. The van der Waals surface area contributed by atoms with E-state index in [-0.39, 0.29) is 28.1 Å². The molecule has 0 aliphatic heterocycles. The van der Waals surface area contributed by atoms with Crippen LogP contribution in [0.2, 0.25) is 10.3 Å². The number of aromatic nitrogens is 3. The van der Waals surface area contributed by atoms with Crippen LogP contribution in [0.25, 0.3) is 0 Å². The lowest BCUT2D eigenvalue weighted by Crippen LogP contribution is -2.01. The molecule has 2 aromatic rings. The summed E-state index contributed by atoms with van der Waals surface area (Å²) in [5.74, 6) is -0.270. The fourth-order valence-electron chi connectivity index (χ4n) is 1.21. The first-order chi connectivity index (χ1) is 9.08. The van der Waals surface area contributed by atoms with E-state index in [2.05, 4.69) is 15.0 Å². The minimum Gasteiger partial charge on any atom is -0.464 e. The summed E-state index contributed by atoms with van der Waals surface area (Å²) in [6.07, 6.45) is 0. The van der Waals surface area contributed by atoms with Crippen molar-refractivity contribution in [3.63, 3.8) is 0 Å². The van der Waals surface area contributed by atoms with Crippen molar-refractivity contribution < 1.29 is 13.9 Å². The van der Waals surface area contributed by atoms with Gasteiger partial charge >= 0.3 is 12.0 Å². The largest absolute Gasteiger partial charge is 0.464 e. The Hall–Kier alpha value is -1.66. The standard InChI is InChI=1S/C11H8Cl2FN3O2/c1-2-18-10-15-9(13)16-11(17-10)19-8-4-3-6(14)5-7(8)12/h3-5H,2H2,1H3. The van der Waals surface area contributed by atoms with Crippen LogP contribution in [0.15, 0.2) is 18.2 Å². The average Bonchev–Trinajstić information content (AvgIpc) is 2.32. The molecule has 19 heavy (non-hydrogen) atoms. The number of nitrogens with zero attached hydrogens (tertiary/aromatic N) is 3. The number of ether oxygens (including phenoxy) is 2. The van der Waals surface area contributed by atoms with Crippen LogP contribution in [0, 0.1) is 5.82 Å². The van der Waals surface area contributed by atoms with Crippen molar-refractivity contribution >= 4 is 23.2 Å². The average molecular weight is 304 g/mol. The highest BCUT2D eigenvalue weighted by molar-refractivity contribution is 6.32. The van der Waals surface area contributed by atoms with Crippen molar-refractivity contribution in [2.24, 2.45) is 0 Å². The van der Waals surface area contributed by atoms with Crippen LogP contribution in [-0.2, 0) is 0 Å². The molecule has 0 saturated heterocycles. The number of rotatable bonds is 4. The summed E-state index contributed by atoms with van der Waals surface area (Å²) in [6.45, 7) is 2.14. The Labute approximate surface area is 118 Å². The number of benzene rings is 1. The zero-order valence-electron chi connectivity index (χ0n) is 9.73. The maximum atomic E-state index is 12.9. The summed E-state index contributed by atoms with van der Waals surface area (Å²) in [7, 11) is 0. The highest BCUT2D eigenvalue weighted by atomic mass is 35.5. The van der Waals surface area contributed by atoms with Gasteiger partial charge in [0.1, 0.15) is 11.6 Å². The van der Waals surface area contributed by atoms with Gasteiger partial charge in [-0.15, -0.1) is 4.98 Å². The van der Waals surface area contributed by atoms with Gasteiger partial charge in [0.2, 0.25) is 5.28 Å².